The molecule has 41 heavy (non-hydrogen) atoms. The molecule has 2 N–H and O–H groups in total. The zero-order chi connectivity index (χ0) is 28.7. The number of nitrogens with one attached hydrogen (secondary N) is 2. The van der Waals surface area contributed by atoms with E-state index in [9.17, 15) is 4.79 Å². The van der Waals surface area contributed by atoms with E-state index in [2.05, 4.69) is 40.0 Å². The zero-order valence-corrected chi connectivity index (χ0v) is 24.1. The van der Waals surface area contributed by atoms with Crippen LogP contribution in [-0.4, -0.2) is 41.1 Å². The number of hydrogen-bond acceptors (Lipinski definition) is 6. The number of rotatable bonds is 7. The van der Waals surface area contributed by atoms with Gasteiger partial charge in [0, 0.05) is 47.8 Å². The summed E-state index contributed by atoms with van der Waals surface area (Å²) in [5.74, 6) is 1.28. The number of aromatic nitrogens is 2. The number of anilines is 2. The number of thiocarbonyl (C=S) groups is 1. The first-order valence-corrected chi connectivity index (χ1v) is 13.8. The Morgan fingerprint density at radius 1 is 1.07 bits per heavy atom. The number of pyridine rings is 1. The lowest BCUT2D eigenvalue weighted by Gasteiger charge is -2.29. The number of fused-ring (bicyclic) bond motifs is 1. The van der Waals surface area contributed by atoms with Crippen molar-refractivity contribution < 1.29 is 19.0 Å². The van der Waals surface area contributed by atoms with Crippen LogP contribution in [0.5, 0.6) is 11.5 Å². The molecule has 6 rings (SSSR count). The van der Waals surface area contributed by atoms with Crippen molar-refractivity contribution in [3.63, 3.8) is 0 Å². The smallest absolute Gasteiger partial charge is 0.250 e. The zero-order valence-electron chi connectivity index (χ0n) is 23.3. The monoisotopic (exact) mass is 569 g/mol. The summed E-state index contributed by atoms with van der Waals surface area (Å²) in [4.78, 5) is 19.0. The first kappa shape index (κ1) is 26.8. The van der Waals surface area contributed by atoms with Gasteiger partial charge in [0.25, 0.3) is 0 Å². The summed E-state index contributed by atoms with van der Waals surface area (Å²) in [5, 5.41) is 7.06. The highest BCUT2D eigenvalue weighted by molar-refractivity contribution is 7.80. The molecule has 2 atom stereocenters. The Hall–Kier alpha value is -4.41. The molecule has 2 aliphatic heterocycles. The van der Waals surface area contributed by atoms with Crippen LogP contribution in [0.25, 0.3) is 5.69 Å². The third kappa shape index (κ3) is 4.89. The molecule has 0 bridgehead atoms. The number of methoxy groups -OCH3 is 1. The summed E-state index contributed by atoms with van der Waals surface area (Å²) in [7, 11) is 1.50. The van der Waals surface area contributed by atoms with Gasteiger partial charge >= 0.3 is 0 Å². The number of carbonyl (C=O) groups is 1. The molecule has 9 nitrogen and oxygen atoms in total. The number of aryl methyl sites for hydroxylation is 2. The van der Waals surface area contributed by atoms with Crippen LogP contribution in [0.3, 0.4) is 0 Å². The average molecular weight is 570 g/mol. The molecular formula is C31H31N5O4S. The molecule has 0 aliphatic carbocycles. The van der Waals surface area contributed by atoms with Crippen molar-refractivity contribution in [3.05, 3.63) is 95.1 Å². The lowest BCUT2D eigenvalue weighted by atomic mass is 9.96. The van der Waals surface area contributed by atoms with Crippen molar-refractivity contribution in [2.24, 2.45) is 0 Å². The molecule has 2 aliphatic rings. The molecule has 1 amide bonds. The second kappa shape index (κ2) is 10.9. The van der Waals surface area contributed by atoms with Crippen molar-refractivity contribution in [2.75, 3.05) is 30.7 Å². The van der Waals surface area contributed by atoms with Crippen LogP contribution in [0.15, 0.2) is 66.9 Å². The van der Waals surface area contributed by atoms with E-state index in [1.54, 1.807) is 6.20 Å². The van der Waals surface area contributed by atoms with Crippen molar-refractivity contribution in [3.8, 4) is 17.2 Å². The van der Waals surface area contributed by atoms with Gasteiger partial charge < -0.3 is 34.3 Å². The minimum Gasteiger partial charge on any atom is -0.454 e. The van der Waals surface area contributed by atoms with Gasteiger partial charge in [0.1, 0.15) is 6.61 Å². The Labute approximate surface area is 244 Å². The number of hydrogen-bond donors (Lipinski definition) is 2. The fourth-order valence-electron chi connectivity index (χ4n) is 5.71. The second-order valence-electron chi connectivity index (χ2n) is 10.2. The van der Waals surface area contributed by atoms with Gasteiger partial charge in [-0.3, -0.25) is 9.78 Å². The minimum atomic E-state index is -0.203. The van der Waals surface area contributed by atoms with Gasteiger partial charge in [-0.2, -0.15) is 0 Å². The van der Waals surface area contributed by atoms with Crippen molar-refractivity contribution in [1.82, 2.24) is 14.9 Å². The number of nitrogens with zero attached hydrogens (tertiary/aromatic N) is 3. The topological polar surface area (TPSA) is 89.9 Å². The SMILES string of the molecule is COCC(=O)Nc1ccc(N2C(=S)NC(c3ccccn3)C2c2cc(C)n(-c3ccc4c(c3)OCO4)c2C)cc1C. The van der Waals surface area contributed by atoms with Gasteiger partial charge in [-0.25, -0.2) is 0 Å². The Kier molecular flexibility index (Phi) is 7.10. The molecule has 0 spiro atoms. The Morgan fingerprint density at radius 2 is 1.88 bits per heavy atom. The molecule has 4 heterocycles. The summed E-state index contributed by atoms with van der Waals surface area (Å²) in [6.07, 6.45) is 1.80. The van der Waals surface area contributed by atoms with Crippen LogP contribution in [0.4, 0.5) is 11.4 Å². The molecule has 2 unspecified atom stereocenters. The summed E-state index contributed by atoms with van der Waals surface area (Å²) in [6.45, 7) is 6.42. The average Bonchev–Trinajstić information content (AvgIpc) is 3.65. The third-order valence-corrected chi connectivity index (χ3v) is 7.85. The van der Waals surface area contributed by atoms with Gasteiger partial charge in [0.05, 0.1) is 17.8 Å². The quantitative estimate of drug-likeness (QED) is 0.291. The number of carbonyl (C=O) groups excluding carboxylic acids is 1. The molecule has 0 radical (unpaired) electrons. The summed E-state index contributed by atoms with van der Waals surface area (Å²) >= 11 is 5.95. The van der Waals surface area contributed by atoms with Crippen molar-refractivity contribution >= 4 is 34.6 Å². The van der Waals surface area contributed by atoms with Crippen molar-refractivity contribution in [2.45, 2.75) is 32.9 Å². The molecule has 2 aromatic carbocycles. The van der Waals surface area contributed by atoms with Gasteiger partial charge in [0.2, 0.25) is 12.7 Å². The highest BCUT2D eigenvalue weighted by Gasteiger charge is 2.42. The Morgan fingerprint density at radius 3 is 2.63 bits per heavy atom. The molecule has 0 saturated carbocycles. The van der Waals surface area contributed by atoms with Gasteiger partial charge in [-0.15, -0.1) is 0 Å². The molecule has 4 aromatic rings. The summed E-state index contributed by atoms with van der Waals surface area (Å²) in [5.41, 5.74) is 7.75. The van der Waals surface area contributed by atoms with Gasteiger partial charge in [0.15, 0.2) is 16.6 Å². The summed E-state index contributed by atoms with van der Waals surface area (Å²) in [6, 6.07) is 19.7. The van der Waals surface area contributed by atoms with Crippen LogP contribution in [0.2, 0.25) is 0 Å². The van der Waals surface area contributed by atoms with E-state index >= 15 is 0 Å². The van der Waals surface area contributed by atoms with Crippen LogP contribution >= 0.6 is 12.2 Å². The predicted molar refractivity (Wildman–Crippen MR) is 161 cm³/mol. The fourth-order valence-corrected chi connectivity index (χ4v) is 6.06. The van der Waals surface area contributed by atoms with Gasteiger partial charge in [-0.05, 0) is 92.6 Å². The van der Waals surface area contributed by atoms with Crippen LogP contribution in [0.1, 0.15) is 40.3 Å². The Bertz CT molecular complexity index is 1640. The van der Waals surface area contributed by atoms with E-state index in [-0.39, 0.29) is 31.4 Å². The number of amides is 1. The summed E-state index contributed by atoms with van der Waals surface area (Å²) < 4.78 is 18.4. The van der Waals surface area contributed by atoms with E-state index in [0.717, 1.165) is 56.8 Å². The van der Waals surface area contributed by atoms with Crippen LogP contribution < -0.4 is 25.0 Å². The highest BCUT2D eigenvalue weighted by Crippen LogP contribution is 2.45. The maximum Gasteiger partial charge on any atom is 0.250 e. The molecule has 2 aromatic heterocycles. The molecule has 210 valence electrons. The van der Waals surface area contributed by atoms with E-state index in [1.165, 1.54) is 7.11 Å². The molecule has 10 heteroatoms. The van der Waals surface area contributed by atoms with Gasteiger partial charge in [-0.1, -0.05) is 6.07 Å². The van der Waals surface area contributed by atoms with E-state index in [1.807, 2.05) is 61.5 Å². The van der Waals surface area contributed by atoms with Crippen molar-refractivity contribution in [1.29, 1.82) is 0 Å². The third-order valence-electron chi connectivity index (χ3n) is 7.54. The van der Waals surface area contributed by atoms with E-state index in [0.29, 0.717) is 5.11 Å². The maximum absolute atomic E-state index is 12.1. The molecular weight excluding hydrogens is 538 g/mol. The van der Waals surface area contributed by atoms with E-state index in [4.69, 9.17) is 31.4 Å². The second-order valence-corrected chi connectivity index (χ2v) is 10.6. The maximum atomic E-state index is 12.1. The largest absolute Gasteiger partial charge is 0.454 e. The van der Waals surface area contributed by atoms with Crippen LogP contribution in [0, 0.1) is 20.8 Å². The highest BCUT2D eigenvalue weighted by atomic mass is 32.1. The Balaban J connectivity index is 1.44. The number of ether oxygens (including phenoxy) is 3. The molecule has 1 fully saturated rings. The lowest BCUT2D eigenvalue weighted by molar-refractivity contribution is -0.119. The number of benzene rings is 2. The lowest BCUT2D eigenvalue weighted by Crippen LogP contribution is -2.29. The normalized spacial score (nSPS) is 17.6. The fraction of sp³-hybridized carbons (Fsp3) is 0.258. The molecule has 1 saturated heterocycles. The minimum absolute atomic E-state index is 0.00581. The standard InChI is InChI=1S/C31H31N5O4S/c1-18-13-21(8-10-24(18)33-28(37)16-38-4)36-30(29(34-31(36)41)25-7-5-6-12-32-25)23-14-19(2)35(20(23)3)22-9-11-26-27(15-22)40-17-39-26/h5-15,29-30H,16-17H2,1-4H3,(H,33,37)(H,34,41). The first-order valence-electron chi connectivity index (χ1n) is 13.3. The predicted octanol–water partition coefficient (Wildman–Crippen LogP) is 5.29. The first-order chi connectivity index (χ1) is 19.9. The van der Waals surface area contributed by atoms with E-state index < -0.39 is 0 Å². The van der Waals surface area contributed by atoms with Crippen LogP contribution in [-0.2, 0) is 9.53 Å².